The Morgan fingerprint density at radius 2 is 2.00 bits per heavy atom. The molecule has 0 aliphatic carbocycles. The van der Waals surface area contributed by atoms with E-state index in [0.29, 0.717) is 5.13 Å². The lowest BCUT2D eigenvalue weighted by atomic mass is 10.2. The molecule has 0 radical (unpaired) electrons. The third kappa shape index (κ3) is 5.81. The van der Waals surface area contributed by atoms with E-state index in [1.807, 2.05) is 42.5 Å². The SMILES string of the molecule is O=C(C=Cc1ccccc1)Nc1nnc(SCc2cccc(Br)c2)s1. The van der Waals surface area contributed by atoms with Crippen molar-refractivity contribution >= 4 is 56.1 Å². The summed E-state index contributed by atoms with van der Waals surface area (Å²) in [7, 11) is 0. The van der Waals surface area contributed by atoms with Crippen LogP contribution >= 0.6 is 39.0 Å². The van der Waals surface area contributed by atoms with Crippen LogP contribution in [-0.4, -0.2) is 16.1 Å². The van der Waals surface area contributed by atoms with Crippen molar-refractivity contribution < 1.29 is 4.79 Å². The highest BCUT2D eigenvalue weighted by Crippen LogP contribution is 2.28. The fourth-order valence-electron chi connectivity index (χ4n) is 1.97. The van der Waals surface area contributed by atoms with Gasteiger partial charge in [0, 0.05) is 16.3 Å². The Balaban J connectivity index is 1.52. The molecule has 4 nitrogen and oxygen atoms in total. The molecule has 0 atom stereocenters. The zero-order valence-corrected chi connectivity index (χ0v) is 16.3. The molecule has 0 saturated carbocycles. The summed E-state index contributed by atoms with van der Waals surface area (Å²) in [5, 5.41) is 11.4. The minimum Gasteiger partial charge on any atom is -0.297 e. The van der Waals surface area contributed by atoms with Gasteiger partial charge in [0.05, 0.1) is 0 Å². The quantitative estimate of drug-likeness (QED) is 0.329. The van der Waals surface area contributed by atoms with Crippen LogP contribution in [0.4, 0.5) is 5.13 Å². The molecule has 7 heteroatoms. The number of rotatable bonds is 6. The van der Waals surface area contributed by atoms with Crippen LogP contribution in [0.3, 0.4) is 0 Å². The van der Waals surface area contributed by atoms with Crippen LogP contribution < -0.4 is 5.32 Å². The number of thioether (sulfide) groups is 1. The largest absolute Gasteiger partial charge is 0.297 e. The highest BCUT2D eigenvalue weighted by Gasteiger charge is 2.07. The minimum absolute atomic E-state index is 0.219. The lowest BCUT2D eigenvalue weighted by Crippen LogP contribution is -2.07. The Hall–Kier alpha value is -1.96. The van der Waals surface area contributed by atoms with Crippen molar-refractivity contribution in [2.45, 2.75) is 10.1 Å². The maximum atomic E-state index is 11.9. The standard InChI is InChI=1S/C18H14BrN3OS2/c19-15-8-4-7-14(11-15)12-24-18-22-21-17(25-18)20-16(23)10-9-13-5-2-1-3-6-13/h1-11H,12H2,(H,20,21,23). The molecule has 0 unspecified atom stereocenters. The number of benzene rings is 2. The van der Waals surface area contributed by atoms with Crippen molar-refractivity contribution in [3.63, 3.8) is 0 Å². The number of carbonyl (C=O) groups is 1. The van der Waals surface area contributed by atoms with Crippen LogP contribution in [0.25, 0.3) is 6.08 Å². The third-order valence-corrected chi connectivity index (χ3v) is 5.65. The fraction of sp³-hybridized carbons (Fsp3) is 0.0556. The van der Waals surface area contributed by atoms with Crippen molar-refractivity contribution in [2.24, 2.45) is 0 Å². The van der Waals surface area contributed by atoms with Crippen molar-refractivity contribution in [3.05, 3.63) is 76.3 Å². The first-order valence-corrected chi connectivity index (χ1v) is 10.0. The lowest BCUT2D eigenvalue weighted by Gasteiger charge is -1.99. The highest BCUT2D eigenvalue weighted by molar-refractivity contribution is 9.10. The number of nitrogens with zero attached hydrogens (tertiary/aromatic N) is 2. The molecule has 0 aliphatic rings. The second kappa shape index (κ2) is 8.94. The van der Waals surface area contributed by atoms with Gasteiger partial charge in [0.25, 0.3) is 0 Å². The normalized spacial score (nSPS) is 10.9. The molecule has 0 bridgehead atoms. The van der Waals surface area contributed by atoms with Gasteiger partial charge in [0.1, 0.15) is 0 Å². The molecule has 0 aliphatic heterocycles. The highest BCUT2D eigenvalue weighted by atomic mass is 79.9. The van der Waals surface area contributed by atoms with Gasteiger partial charge in [0.2, 0.25) is 11.0 Å². The van der Waals surface area contributed by atoms with E-state index in [4.69, 9.17) is 0 Å². The van der Waals surface area contributed by atoms with Gasteiger partial charge in [-0.05, 0) is 29.3 Å². The van der Waals surface area contributed by atoms with Gasteiger partial charge in [-0.15, -0.1) is 10.2 Å². The minimum atomic E-state index is -0.219. The Bertz CT molecular complexity index is 881. The number of hydrogen-bond acceptors (Lipinski definition) is 5. The van der Waals surface area contributed by atoms with Crippen LogP contribution in [0.1, 0.15) is 11.1 Å². The summed E-state index contributed by atoms with van der Waals surface area (Å²) >= 11 is 6.43. The molecule has 2 aromatic carbocycles. The van der Waals surface area contributed by atoms with Crippen LogP contribution in [-0.2, 0) is 10.5 Å². The Morgan fingerprint density at radius 3 is 2.80 bits per heavy atom. The van der Waals surface area contributed by atoms with E-state index in [1.54, 1.807) is 17.8 Å². The first-order chi connectivity index (χ1) is 12.2. The molecule has 1 N–H and O–H groups in total. The Labute approximate surface area is 162 Å². The van der Waals surface area contributed by atoms with E-state index in [9.17, 15) is 4.79 Å². The number of hydrogen-bond donors (Lipinski definition) is 1. The summed E-state index contributed by atoms with van der Waals surface area (Å²) in [6, 6.07) is 17.8. The number of nitrogens with one attached hydrogen (secondary N) is 1. The zero-order chi connectivity index (χ0) is 17.5. The third-order valence-electron chi connectivity index (χ3n) is 3.11. The van der Waals surface area contributed by atoms with Gasteiger partial charge >= 0.3 is 0 Å². The smallest absolute Gasteiger partial charge is 0.250 e. The lowest BCUT2D eigenvalue weighted by molar-refractivity contribution is -0.111. The fourth-order valence-corrected chi connectivity index (χ4v) is 4.12. The molecule has 1 aromatic heterocycles. The van der Waals surface area contributed by atoms with Crippen LogP contribution in [0, 0.1) is 0 Å². The second-order valence-electron chi connectivity index (χ2n) is 5.02. The predicted molar refractivity (Wildman–Crippen MR) is 108 cm³/mol. The van der Waals surface area contributed by atoms with Gasteiger partial charge in [-0.1, -0.05) is 81.5 Å². The molecule has 3 rings (SSSR count). The van der Waals surface area contributed by atoms with Crippen molar-refractivity contribution in [2.75, 3.05) is 5.32 Å². The van der Waals surface area contributed by atoms with Gasteiger partial charge < -0.3 is 0 Å². The number of amides is 1. The molecular formula is C18H14BrN3OS2. The number of carbonyl (C=O) groups excluding carboxylic acids is 1. The summed E-state index contributed by atoms with van der Waals surface area (Å²) < 4.78 is 1.88. The van der Waals surface area contributed by atoms with E-state index in [2.05, 4.69) is 43.6 Å². The van der Waals surface area contributed by atoms with E-state index in [-0.39, 0.29) is 5.91 Å². The number of halogens is 1. The van der Waals surface area contributed by atoms with E-state index < -0.39 is 0 Å². The summed E-state index contributed by atoms with van der Waals surface area (Å²) in [4.78, 5) is 11.9. The molecule has 0 fully saturated rings. The predicted octanol–water partition coefficient (Wildman–Crippen LogP) is 5.24. The Kier molecular flexibility index (Phi) is 6.38. The summed E-state index contributed by atoms with van der Waals surface area (Å²) in [6.07, 6.45) is 3.25. The Morgan fingerprint density at radius 1 is 1.16 bits per heavy atom. The van der Waals surface area contributed by atoms with Crippen molar-refractivity contribution in [1.82, 2.24) is 10.2 Å². The monoisotopic (exact) mass is 431 g/mol. The average Bonchev–Trinajstić information content (AvgIpc) is 3.06. The molecular weight excluding hydrogens is 418 g/mol. The van der Waals surface area contributed by atoms with Gasteiger partial charge in [0.15, 0.2) is 4.34 Å². The van der Waals surface area contributed by atoms with Crippen LogP contribution in [0.2, 0.25) is 0 Å². The van der Waals surface area contributed by atoms with Crippen molar-refractivity contribution in [3.8, 4) is 0 Å². The topological polar surface area (TPSA) is 54.9 Å². The average molecular weight is 432 g/mol. The summed E-state index contributed by atoms with van der Waals surface area (Å²) in [5.74, 6) is 0.583. The molecule has 126 valence electrons. The molecule has 3 aromatic rings. The summed E-state index contributed by atoms with van der Waals surface area (Å²) in [5.41, 5.74) is 2.17. The van der Waals surface area contributed by atoms with Gasteiger partial charge in [-0.25, -0.2) is 0 Å². The van der Waals surface area contributed by atoms with Crippen molar-refractivity contribution in [1.29, 1.82) is 0 Å². The molecule has 25 heavy (non-hydrogen) atoms. The van der Waals surface area contributed by atoms with E-state index >= 15 is 0 Å². The van der Waals surface area contributed by atoms with Crippen LogP contribution in [0.15, 0.2) is 69.5 Å². The molecule has 0 spiro atoms. The maximum absolute atomic E-state index is 11.9. The van der Waals surface area contributed by atoms with Crippen LogP contribution in [0.5, 0.6) is 0 Å². The zero-order valence-electron chi connectivity index (χ0n) is 13.1. The first-order valence-electron chi connectivity index (χ1n) is 7.44. The molecule has 1 heterocycles. The van der Waals surface area contributed by atoms with E-state index in [0.717, 1.165) is 20.1 Å². The molecule has 0 saturated heterocycles. The first kappa shape index (κ1) is 17.8. The maximum Gasteiger partial charge on any atom is 0.250 e. The second-order valence-corrected chi connectivity index (χ2v) is 8.14. The van der Waals surface area contributed by atoms with Gasteiger partial charge in [-0.2, -0.15) is 0 Å². The van der Waals surface area contributed by atoms with Gasteiger partial charge in [-0.3, -0.25) is 10.1 Å². The number of anilines is 1. The number of aromatic nitrogens is 2. The summed E-state index contributed by atoms with van der Waals surface area (Å²) in [6.45, 7) is 0. The van der Waals surface area contributed by atoms with E-state index in [1.165, 1.54) is 23.0 Å². The molecule has 1 amide bonds.